The summed E-state index contributed by atoms with van der Waals surface area (Å²) in [6, 6.07) is 7.69. The van der Waals surface area contributed by atoms with Gasteiger partial charge in [0, 0.05) is 42.9 Å². The lowest BCUT2D eigenvalue weighted by Gasteiger charge is -2.32. The van der Waals surface area contributed by atoms with Crippen LogP contribution >= 0.6 is 61.2 Å². The number of benzene rings is 1. The number of likely N-dealkylation sites (tertiary alicyclic amines) is 1. The topological polar surface area (TPSA) is 115 Å². The van der Waals surface area contributed by atoms with E-state index >= 15 is 0 Å². The number of imidazole rings is 1. The van der Waals surface area contributed by atoms with Gasteiger partial charge in [0.2, 0.25) is 5.95 Å². The average Bonchev–Trinajstić information content (AvgIpc) is 3.09. The molecule has 0 spiro atoms. The van der Waals surface area contributed by atoms with E-state index in [1.54, 1.807) is 26.0 Å². The first-order valence-electron chi connectivity index (χ1n) is 11.8. The molecule has 1 aliphatic rings. The number of aromatic hydroxyl groups is 1. The third kappa shape index (κ3) is 10.7. The maximum atomic E-state index is 10.3. The second-order valence-corrected chi connectivity index (χ2v) is 9.56. The standard InChI is InChI=1S/C22H29ClN6O.C3H7O.4ClH/c1-14-11-16(23)12-19-21(14)27-22(26-17-5-8-28(9-6-17)10-7-24)29(19)13-18-20(30)4-3-15(2)25-18;1-3(2)4;;;;/h3-4,11-12,17,30H,5-10,13,24H2,1-2H3,(H,26,27);3H,1-2H3;4*1H/q;-1;;;;. The van der Waals surface area contributed by atoms with Crippen LogP contribution in [0.1, 0.15) is 43.6 Å². The summed E-state index contributed by atoms with van der Waals surface area (Å²) in [6.07, 6.45) is 1.66. The fourth-order valence-corrected chi connectivity index (χ4v) is 4.42. The zero-order chi connectivity index (χ0) is 24.8. The van der Waals surface area contributed by atoms with Crippen LogP contribution in [0.3, 0.4) is 0 Å². The molecular weight excluding hydrogens is 594 g/mol. The maximum absolute atomic E-state index is 10.3. The molecule has 3 aromatic rings. The van der Waals surface area contributed by atoms with Crippen molar-refractivity contribution in [1.82, 2.24) is 19.4 Å². The van der Waals surface area contributed by atoms with Crippen LogP contribution in [0.5, 0.6) is 5.75 Å². The van der Waals surface area contributed by atoms with Crippen molar-refractivity contribution in [1.29, 1.82) is 0 Å². The Balaban J connectivity index is 0. The third-order valence-corrected chi connectivity index (χ3v) is 5.99. The summed E-state index contributed by atoms with van der Waals surface area (Å²) in [5, 5.41) is 24.2. The Morgan fingerprint density at radius 2 is 1.71 bits per heavy atom. The van der Waals surface area contributed by atoms with E-state index in [2.05, 4.69) is 19.8 Å². The van der Waals surface area contributed by atoms with Crippen LogP contribution in [0.2, 0.25) is 5.02 Å². The molecule has 218 valence electrons. The monoisotopic (exact) mass is 631 g/mol. The van der Waals surface area contributed by atoms with Gasteiger partial charge in [-0.15, -0.1) is 55.7 Å². The highest BCUT2D eigenvalue weighted by atomic mass is 35.5. The SMILES string of the molecule is CC(C)[O-].Cc1ccc(O)c(Cn2c(NC3CCN(CCN)CC3)nc3c(C)cc(Cl)cc32)n1.Cl.Cl.Cl.Cl. The molecule has 1 saturated heterocycles. The molecular formula is C25H40Cl5N6O2-. The largest absolute Gasteiger partial charge is 0.852 e. The normalized spacial score (nSPS) is 13.4. The molecule has 3 heterocycles. The maximum Gasteiger partial charge on any atom is 0.204 e. The van der Waals surface area contributed by atoms with E-state index in [9.17, 15) is 10.2 Å². The second-order valence-electron chi connectivity index (χ2n) is 9.13. The summed E-state index contributed by atoms with van der Waals surface area (Å²) in [5.74, 6) is 0.970. The molecule has 0 radical (unpaired) electrons. The minimum atomic E-state index is -0.417. The molecule has 0 bridgehead atoms. The van der Waals surface area contributed by atoms with Gasteiger partial charge in [-0.2, -0.15) is 0 Å². The first-order valence-corrected chi connectivity index (χ1v) is 12.2. The van der Waals surface area contributed by atoms with Crippen molar-refractivity contribution in [2.75, 3.05) is 31.5 Å². The Labute approximate surface area is 255 Å². The third-order valence-electron chi connectivity index (χ3n) is 5.77. The fourth-order valence-electron chi connectivity index (χ4n) is 4.15. The number of hydrogen-bond acceptors (Lipinski definition) is 7. The molecule has 0 amide bonds. The van der Waals surface area contributed by atoms with E-state index in [4.69, 9.17) is 22.3 Å². The van der Waals surface area contributed by atoms with E-state index in [1.165, 1.54) is 0 Å². The van der Waals surface area contributed by atoms with E-state index in [0.29, 0.717) is 29.8 Å². The Morgan fingerprint density at radius 1 is 1.11 bits per heavy atom. The van der Waals surface area contributed by atoms with Crippen LogP contribution in [0.25, 0.3) is 11.0 Å². The molecule has 1 aromatic carbocycles. The highest BCUT2D eigenvalue weighted by Gasteiger charge is 2.22. The number of nitrogens with two attached hydrogens (primary N) is 1. The van der Waals surface area contributed by atoms with Crippen LogP contribution in [-0.4, -0.2) is 62.9 Å². The average molecular weight is 634 g/mol. The molecule has 0 unspecified atom stereocenters. The molecule has 4 N–H and O–H groups in total. The lowest BCUT2D eigenvalue weighted by atomic mass is 10.1. The van der Waals surface area contributed by atoms with E-state index in [0.717, 1.165) is 60.7 Å². The predicted octanol–water partition coefficient (Wildman–Crippen LogP) is 4.73. The van der Waals surface area contributed by atoms with Crippen LogP contribution < -0.4 is 16.2 Å². The Bertz CT molecular complexity index is 1100. The van der Waals surface area contributed by atoms with Gasteiger partial charge in [-0.05, 0) is 56.5 Å². The molecule has 0 atom stereocenters. The highest BCUT2D eigenvalue weighted by Crippen LogP contribution is 2.29. The predicted molar refractivity (Wildman–Crippen MR) is 165 cm³/mol. The first-order chi connectivity index (χ1) is 16.2. The van der Waals surface area contributed by atoms with Crippen LogP contribution in [-0.2, 0) is 6.54 Å². The zero-order valence-electron chi connectivity index (χ0n) is 22.1. The number of rotatable bonds is 6. The fraction of sp³-hybridized carbons (Fsp3) is 0.520. The number of nitrogens with zero attached hydrogens (tertiary/aromatic N) is 4. The van der Waals surface area contributed by atoms with Crippen LogP contribution in [0.15, 0.2) is 24.3 Å². The Hall–Kier alpha value is -1.23. The van der Waals surface area contributed by atoms with Gasteiger partial charge < -0.3 is 30.7 Å². The van der Waals surface area contributed by atoms with Crippen LogP contribution in [0.4, 0.5) is 5.95 Å². The number of halogens is 5. The van der Waals surface area contributed by atoms with Crippen molar-refractivity contribution in [3.05, 3.63) is 46.2 Å². The minimum absolute atomic E-state index is 0. The van der Waals surface area contributed by atoms with E-state index in [-0.39, 0.29) is 55.4 Å². The number of nitrogens with one attached hydrogen (secondary N) is 1. The lowest BCUT2D eigenvalue weighted by molar-refractivity contribution is -0.407. The molecule has 13 heteroatoms. The molecule has 2 aromatic heterocycles. The molecule has 1 aliphatic heterocycles. The van der Waals surface area contributed by atoms with Crippen molar-refractivity contribution < 1.29 is 10.2 Å². The first kappa shape index (κ1) is 38.9. The number of pyridine rings is 1. The summed E-state index contributed by atoms with van der Waals surface area (Å²) in [4.78, 5) is 11.8. The Morgan fingerprint density at radius 3 is 2.29 bits per heavy atom. The zero-order valence-corrected chi connectivity index (χ0v) is 26.2. The summed E-state index contributed by atoms with van der Waals surface area (Å²) >= 11 is 6.36. The van der Waals surface area contributed by atoms with Gasteiger partial charge in [0.1, 0.15) is 11.4 Å². The van der Waals surface area contributed by atoms with Crippen molar-refractivity contribution >= 4 is 78.2 Å². The summed E-state index contributed by atoms with van der Waals surface area (Å²) in [6.45, 7) is 11.3. The lowest BCUT2D eigenvalue weighted by Crippen LogP contribution is -2.41. The van der Waals surface area contributed by atoms with Gasteiger partial charge in [0.25, 0.3) is 0 Å². The van der Waals surface area contributed by atoms with Crippen molar-refractivity contribution in [2.45, 2.75) is 59.2 Å². The molecule has 0 aliphatic carbocycles. The second kappa shape index (κ2) is 18.2. The number of hydrogen-bond donors (Lipinski definition) is 3. The molecule has 38 heavy (non-hydrogen) atoms. The number of piperidine rings is 1. The van der Waals surface area contributed by atoms with Gasteiger partial charge in [-0.25, -0.2) is 4.98 Å². The molecule has 4 rings (SSSR count). The van der Waals surface area contributed by atoms with Crippen molar-refractivity contribution in [2.24, 2.45) is 5.73 Å². The minimum Gasteiger partial charge on any atom is -0.852 e. The molecule has 0 saturated carbocycles. The molecule has 8 nitrogen and oxygen atoms in total. The van der Waals surface area contributed by atoms with Gasteiger partial charge in [-0.3, -0.25) is 4.98 Å². The quantitative estimate of drug-likeness (QED) is 0.360. The summed E-state index contributed by atoms with van der Waals surface area (Å²) in [5.41, 5.74) is 10.1. The molecule has 1 fully saturated rings. The van der Waals surface area contributed by atoms with Gasteiger partial charge in [0.05, 0.1) is 17.6 Å². The summed E-state index contributed by atoms with van der Waals surface area (Å²) in [7, 11) is 0. The van der Waals surface area contributed by atoms with Crippen molar-refractivity contribution in [3.8, 4) is 5.75 Å². The number of fused-ring (bicyclic) bond motifs is 1. The Kier molecular flexibility index (Phi) is 18.6. The van der Waals surface area contributed by atoms with Gasteiger partial charge in [0.15, 0.2) is 0 Å². The van der Waals surface area contributed by atoms with Crippen LogP contribution in [0, 0.1) is 13.8 Å². The van der Waals surface area contributed by atoms with E-state index < -0.39 is 6.10 Å². The van der Waals surface area contributed by atoms with Gasteiger partial charge >= 0.3 is 0 Å². The number of aromatic nitrogens is 3. The van der Waals surface area contributed by atoms with Crippen molar-refractivity contribution in [3.63, 3.8) is 0 Å². The number of anilines is 1. The highest BCUT2D eigenvalue weighted by molar-refractivity contribution is 6.31. The van der Waals surface area contributed by atoms with E-state index in [1.807, 2.05) is 26.0 Å². The number of aryl methyl sites for hydroxylation is 2. The smallest absolute Gasteiger partial charge is 0.204 e. The van der Waals surface area contributed by atoms with Gasteiger partial charge in [-0.1, -0.05) is 25.4 Å². The summed E-state index contributed by atoms with van der Waals surface area (Å²) < 4.78 is 2.07.